The maximum Gasteiger partial charge on any atom is 0.0343 e. The predicted molar refractivity (Wildman–Crippen MR) is 40.9 cm³/mol. The van der Waals surface area contributed by atoms with Crippen molar-refractivity contribution in [3.05, 3.63) is 23.2 Å². The van der Waals surface area contributed by atoms with Crippen molar-refractivity contribution in [3.63, 3.8) is 0 Å². The van der Waals surface area contributed by atoms with E-state index in [9.17, 15) is 0 Å². The van der Waals surface area contributed by atoms with Crippen molar-refractivity contribution in [1.82, 2.24) is 5.32 Å². The Labute approximate surface area is 60.8 Å². The Morgan fingerprint density at radius 3 is 3.10 bits per heavy atom. The van der Waals surface area contributed by atoms with Crippen LogP contribution in [0.3, 0.4) is 0 Å². The van der Waals surface area contributed by atoms with E-state index in [0.29, 0.717) is 0 Å². The van der Waals surface area contributed by atoms with Crippen molar-refractivity contribution >= 4 is 0 Å². The summed E-state index contributed by atoms with van der Waals surface area (Å²) < 4.78 is 0. The van der Waals surface area contributed by atoms with Gasteiger partial charge in [0.05, 0.1) is 0 Å². The Morgan fingerprint density at radius 2 is 2.20 bits per heavy atom. The summed E-state index contributed by atoms with van der Waals surface area (Å²) in [5.74, 6) is 0. The summed E-state index contributed by atoms with van der Waals surface area (Å²) in [6.45, 7) is 0. The molecule has 2 nitrogen and oxygen atoms in total. The minimum atomic E-state index is 1.03. The van der Waals surface area contributed by atoms with Gasteiger partial charge in [-0.15, -0.1) is 0 Å². The van der Waals surface area contributed by atoms with Gasteiger partial charge >= 0.3 is 0 Å². The molecule has 2 rings (SSSR count). The van der Waals surface area contributed by atoms with E-state index in [-0.39, 0.29) is 0 Å². The molecule has 2 bridgehead atoms. The molecule has 10 heavy (non-hydrogen) atoms. The lowest BCUT2D eigenvalue weighted by atomic mass is 10.1. The lowest BCUT2D eigenvalue weighted by Gasteiger charge is -2.01. The van der Waals surface area contributed by atoms with Gasteiger partial charge < -0.3 is 11.1 Å². The van der Waals surface area contributed by atoms with Gasteiger partial charge in [-0.2, -0.15) is 0 Å². The molecule has 54 valence electrons. The van der Waals surface area contributed by atoms with Gasteiger partial charge in [-0.25, -0.2) is 0 Å². The van der Waals surface area contributed by atoms with Crippen molar-refractivity contribution in [2.24, 2.45) is 5.73 Å². The number of nitrogens with two attached hydrogens (primary N) is 1. The molecule has 0 aromatic carbocycles. The highest BCUT2D eigenvalue weighted by atomic mass is 14.9. The lowest BCUT2D eigenvalue weighted by Crippen LogP contribution is -2.08. The van der Waals surface area contributed by atoms with Crippen LogP contribution in [0.4, 0.5) is 0 Å². The number of hydrogen-bond donors (Lipinski definition) is 2. The normalized spacial score (nSPS) is 23.8. The summed E-state index contributed by atoms with van der Waals surface area (Å²) in [4.78, 5) is 0. The Kier molecular flexibility index (Phi) is 1.19. The van der Waals surface area contributed by atoms with E-state index in [4.69, 9.17) is 5.73 Å². The lowest BCUT2D eigenvalue weighted by molar-refractivity contribution is 0.892. The quantitative estimate of drug-likeness (QED) is 0.525. The summed E-state index contributed by atoms with van der Waals surface area (Å²) in [6.07, 6.45) is 6.68. The van der Waals surface area contributed by atoms with E-state index in [1.807, 2.05) is 0 Å². The van der Waals surface area contributed by atoms with Crippen molar-refractivity contribution in [2.45, 2.75) is 25.7 Å². The fraction of sp³-hybridized carbons (Fsp3) is 0.500. The highest BCUT2D eigenvalue weighted by Crippen LogP contribution is 2.25. The van der Waals surface area contributed by atoms with Gasteiger partial charge in [0.2, 0.25) is 0 Å². The van der Waals surface area contributed by atoms with Crippen molar-refractivity contribution in [3.8, 4) is 0 Å². The number of rotatable bonds is 0. The second-order valence-corrected chi connectivity index (χ2v) is 2.90. The minimum absolute atomic E-state index is 1.03. The fourth-order valence-electron chi connectivity index (χ4n) is 1.53. The topological polar surface area (TPSA) is 38.0 Å². The summed E-state index contributed by atoms with van der Waals surface area (Å²) >= 11 is 0. The van der Waals surface area contributed by atoms with E-state index in [1.165, 1.54) is 11.4 Å². The first-order valence-corrected chi connectivity index (χ1v) is 3.80. The monoisotopic (exact) mass is 136 g/mol. The second kappa shape index (κ2) is 2.04. The summed E-state index contributed by atoms with van der Waals surface area (Å²) in [6, 6.07) is 0. The van der Waals surface area contributed by atoms with Crippen LogP contribution in [0, 0.1) is 0 Å². The van der Waals surface area contributed by atoms with Gasteiger partial charge in [-0.1, -0.05) is 6.08 Å². The molecule has 2 aliphatic heterocycles. The molecule has 2 heteroatoms. The smallest absolute Gasteiger partial charge is 0.0343 e. The van der Waals surface area contributed by atoms with Crippen LogP contribution in [-0.4, -0.2) is 0 Å². The number of allylic oxidation sites excluding steroid dienone is 4. The first-order valence-electron chi connectivity index (χ1n) is 3.80. The molecule has 0 aromatic heterocycles. The van der Waals surface area contributed by atoms with E-state index in [2.05, 4.69) is 11.4 Å². The molecule has 0 aromatic rings. The average molecular weight is 136 g/mol. The van der Waals surface area contributed by atoms with Gasteiger partial charge in [0.1, 0.15) is 0 Å². The van der Waals surface area contributed by atoms with Crippen molar-refractivity contribution in [2.75, 3.05) is 0 Å². The summed E-state index contributed by atoms with van der Waals surface area (Å²) in [5, 5.41) is 3.32. The van der Waals surface area contributed by atoms with Crippen LogP contribution in [0.1, 0.15) is 25.7 Å². The van der Waals surface area contributed by atoms with Crippen molar-refractivity contribution < 1.29 is 0 Å². The molecule has 2 heterocycles. The maximum atomic E-state index is 5.80. The average Bonchev–Trinajstić information content (AvgIpc) is 2.27. The zero-order chi connectivity index (χ0) is 6.97. The zero-order valence-corrected chi connectivity index (χ0v) is 5.98. The molecule has 0 unspecified atom stereocenters. The van der Waals surface area contributed by atoms with Gasteiger partial charge in [0.15, 0.2) is 0 Å². The predicted octanol–water partition coefficient (Wildman–Crippen LogP) is 1.22. The molecule has 0 aliphatic carbocycles. The molecular weight excluding hydrogens is 124 g/mol. The SMILES string of the molecule is NC1=C2CCC(=CCC1)N2. The van der Waals surface area contributed by atoms with Gasteiger partial charge in [-0.3, -0.25) is 0 Å². The molecule has 0 spiro atoms. The van der Waals surface area contributed by atoms with E-state index >= 15 is 0 Å². The largest absolute Gasteiger partial charge is 0.401 e. The first kappa shape index (κ1) is 5.83. The van der Waals surface area contributed by atoms with Crippen LogP contribution in [-0.2, 0) is 0 Å². The number of nitrogens with one attached hydrogen (secondary N) is 1. The van der Waals surface area contributed by atoms with Crippen molar-refractivity contribution in [1.29, 1.82) is 0 Å². The van der Waals surface area contributed by atoms with Crippen LogP contribution in [0.15, 0.2) is 23.2 Å². The summed E-state index contributed by atoms with van der Waals surface area (Å²) in [5.41, 5.74) is 9.50. The van der Waals surface area contributed by atoms with E-state index in [0.717, 1.165) is 31.4 Å². The van der Waals surface area contributed by atoms with Gasteiger partial charge in [0.25, 0.3) is 0 Å². The van der Waals surface area contributed by atoms with Crippen LogP contribution >= 0.6 is 0 Å². The molecule has 1 saturated heterocycles. The number of hydrogen-bond acceptors (Lipinski definition) is 2. The van der Waals surface area contributed by atoms with Crippen LogP contribution < -0.4 is 11.1 Å². The Balaban J connectivity index is 2.33. The van der Waals surface area contributed by atoms with E-state index in [1.54, 1.807) is 0 Å². The highest BCUT2D eigenvalue weighted by Gasteiger charge is 2.16. The molecule has 1 fully saturated rings. The molecule has 2 aliphatic rings. The molecule has 0 atom stereocenters. The van der Waals surface area contributed by atoms with Crippen LogP contribution in [0.5, 0.6) is 0 Å². The molecular formula is C8H12N2. The third-order valence-electron chi connectivity index (χ3n) is 2.15. The highest BCUT2D eigenvalue weighted by molar-refractivity contribution is 5.26. The molecule has 3 N–H and O–H groups in total. The maximum absolute atomic E-state index is 5.80. The van der Waals surface area contributed by atoms with Gasteiger partial charge in [-0.05, 0) is 25.7 Å². The molecule has 0 saturated carbocycles. The Morgan fingerprint density at radius 1 is 1.30 bits per heavy atom. The first-order chi connectivity index (χ1) is 4.86. The molecule has 0 amide bonds. The van der Waals surface area contributed by atoms with E-state index < -0.39 is 0 Å². The Hall–Kier alpha value is -0.920. The number of fused-ring (bicyclic) bond motifs is 2. The fourth-order valence-corrected chi connectivity index (χ4v) is 1.53. The van der Waals surface area contributed by atoms with Crippen LogP contribution in [0.2, 0.25) is 0 Å². The minimum Gasteiger partial charge on any atom is -0.401 e. The second-order valence-electron chi connectivity index (χ2n) is 2.90. The Bertz CT molecular complexity index is 213. The standard InChI is InChI=1S/C8H12N2/c9-7-3-1-2-6-4-5-8(7)10-6/h2,10H,1,3-5,9H2. The van der Waals surface area contributed by atoms with Crippen LogP contribution in [0.25, 0.3) is 0 Å². The van der Waals surface area contributed by atoms with Gasteiger partial charge in [0, 0.05) is 17.1 Å². The zero-order valence-electron chi connectivity index (χ0n) is 5.98. The third kappa shape index (κ3) is 0.801. The molecule has 0 radical (unpaired) electrons. The summed E-state index contributed by atoms with van der Waals surface area (Å²) in [7, 11) is 0. The third-order valence-corrected chi connectivity index (χ3v) is 2.15.